The summed E-state index contributed by atoms with van der Waals surface area (Å²) in [6.07, 6.45) is 8.26. The molecule has 0 saturated carbocycles. The van der Waals surface area contributed by atoms with Gasteiger partial charge in [0.15, 0.2) is 0 Å². The van der Waals surface area contributed by atoms with Crippen LogP contribution in [0.25, 0.3) is 21.8 Å². The molecule has 1 aromatic heterocycles. The molecule has 0 radical (unpaired) electrons. The number of urea groups is 1. The number of unbranched alkanes of at least 4 members (excludes halogenated alkanes) is 3. The molecule has 1 aliphatic rings. The molecule has 0 bridgehead atoms. The third-order valence-corrected chi connectivity index (χ3v) is 24.0. The number of nitrogens with zero attached hydrogens (tertiary/aromatic N) is 7. The third-order valence-electron chi connectivity index (χ3n) is 8.47. The SMILES string of the molecule is CCC[CH2][Sn]([CH2]CCC)([CH2]CCC)[c]1cc(CN2C(=O)CN(/N=C/c3ccc(-c4ccc([N+](=O)[O-])cc4)o3)C2=O)cc(N=[N+]=[N-])c1. The van der Waals surface area contributed by atoms with E-state index in [4.69, 9.17) is 4.42 Å². The fraction of sp³-hybridized carbons (Fsp3) is 0.424. The second-order valence-electron chi connectivity index (χ2n) is 11.7. The molecule has 2 heterocycles. The summed E-state index contributed by atoms with van der Waals surface area (Å²) in [6, 6.07) is 14.8. The molecule has 46 heavy (non-hydrogen) atoms. The normalized spacial score (nSPS) is 13.5. The predicted octanol–water partition coefficient (Wildman–Crippen LogP) is 8.65. The summed E-state index contributed by atoms with van der Waals surface area (Å²) < 4.78 is 10.8. The summed E-state index contributed by atoms with van der Waals surface area (Å²) in [5, 5.41) is 20.2. The van der Waals surface area contributed by atoms with Crippen LogP contribution < -0.4 is 3.58 Å². The number of hydrazone groups is 1. The number of nitro groups is 1. The molecule has 13 heteroatoms. The van der Waals surface area contributed by atoms with E-state index in [1.807, 2.05) is 0 Å². The number of rotatable bonds is 17. The van der Waals surface area contributed by atoms with Gasteiger partial charge in [-0.25, -0.2) is 0 Å². The topological polar surface area (TPSA) is 158 Å². The molecule has 2 aromatic carbocycles. The molecule has 1 saturated heterocycles. The van der Waals surface area contributed by atoms with E-state index < -0.39 is 29.3 Å². The Morgan fingerprint density at radius 2 is 1.63 bits per heavy atom. The molecule has 0 spiro atoms. The second kappa shape index (κ2) is 16.4. The van der Waals surface area contributed by atoms with Gasteiger partial charge in [0, 0.05) is 17.7 Å². The molecule has 242 valence electrons. The molecule has 3 aromatic rings. The fourth-order valence-corrected chi connectivity index (χ4v) is 22.1. The van der Waals surface area contributed by atoms with Crippen LogP contribution in [-0.2, 0) is 11.3 Å². The first-order chi connectivity index (χ1) is 22.2. The summed E-state index contributed by atoms with van der Waals surface area (Å²) >= 11 is -2.92. The van der Waals surface area contributed by atoms with Crippen molar-refractivity contribution in [3.63, 3.8) is 0 Å². The number of non-ortho nitro benzene ring substituents is 1. The Kier molecular flexibility index (Phi) is 12.4. The van der Waals surface area contributed by atoms with Gasteiger partial charge >= 0.3 is 223 Å². The number of hydrogen-bond acceptors (Lipinski definition) is 7. The van der Waals surface area contributed by atoms with E-state index in [0.29, 0.717) is 22.8 Å². The van der Waals surface area contributed by atoms with Crippen molar-refractivity contribution < 1.29 is 18.9 Å². The number of furan rings is 1. The quantitative estimate of drug-likeness (QED) is 0.0198. The number of hydrogen-bond donors (Lipinski definition) is 0. The molecule has 12 nitrogen and oxygen atoms in total. The van der Waals surface area contributed by atoms with Gasteiger partial charge in [-0.3, -0.25) is 10.1 Å². The van der Waals surface area contributed by atoms with Crippen LogP contribution in [0.4, 0.5) is 16.2 Å². The minimum atomic E-state index is -2.92. The Labute approximate surface area is 273 Å². The van der Waals surface area contributed by atoms with E-state index in [-0.39, 0.29) is 24.7 Å². The monoisotopic (exact) mass is 735 g/mol. The average molecular weight is 734 g/mol. The number of nitro benzene ring substituents is 1. The third kappa shape index (κ3) is 8.55. The van der Waals surface area contributed by atoms with Crippen LogP contribution >= 0.6 is 0 Å². The van der Waals surface area contributed by atoms with E-state index >= 15 is 0 Å². The first-order valence-corrected chi connectivity index (χ1v) is 23.4. The summed E-state index contributed by atoms with van der Waals surface area (Å²) in [5.41, 5.74) is 11.2. The van der Waals surface area contributed by atoms with E-state index in [1.165, 1.54) is 59.4 Å². The number of benzene rings is 2. The second-order valence-corrected chi connectivity index (χ2v) is 25.0. The van der Waals surface area contributed by atoms with Crippen molar-refractivity contribution in [1.82, 2.24) is 9.91 Å². The Balaban J connectivity index is 1.55. The zero-order valence-corrected chi connectivity index (χ0v) is 29.6. The molecule has 0 N–H and O–H groups in total. The van der Waals surface area contributed by atoms with Crippen LogP contribution in [0.2, 0.25) is 13.3 Å². The van der Waals surface area contributed by atoms with Gasteiger partial charge in [-0.05, 0) is 12.1 Å². The van der Waals surface area contributed by atoms with Crippen LogP contribution in [0.3, 0.4) is 0 Å². The minimum absolute atomic E-state index is 0.0217. The Hall–Kier alpha value is -4.16. The Morgan fingerprint density at radius 1 is 0.978 bits per heavy atom. The van der Waals surface area contributed by atoms with Crippen LogP contribution in [-0.4, -0.2) is 57.9 Å². The van der Waals surface area contributed by atoms with Gasteiger partial charge in [0.05, 0.1) is 4.92 Å². The van der Waals surface area contributed by atoms with Crippen molar-refractivity contribution in [3.05, 3.63) is 86.5 Å². The number of amides is 3. The molecule has 3 amide bonds. The van der Waals surface area contributed by atoms with Gasteiger partial charge in [-0.1, -0.05) is 0 Å². The maximum atomic E-state index is 13.3. The first-order valence-electron chi connectivity index (χ1n) is 15.9. The van der Waals surface area contributed by atoms with Gasteiger partial charge < -0.3 is 0 Å². The van der Waals surface area contributed by atoms with Crippen molar-refractivity contribution in [1.29, 1.82) is 0 Å². The number of imide groups is 1. The summed E-state index contributed by atoms with van der Waals surface area (Å²) in [6.45, 7) is 6.52. The van der Waals surface area contributed by atoms with Crippen molar-refractivity contribution in [2.45, 2.75) is 79.2 Å². The molecular formula is C33H41N7O5Sn. The zero-order chi connectivity index (χ0) is 33.1. The Bertz CT molecular complexity index is 1590. The standard InChI is InChI=1S/C21H14N7O5.3C4H9.Sn/c22-25-24-16-3-1-2-14(10-16)12-26-20(29)13-27(21(26)30)23-11-18-8-9-19(33-18)15-4-6-17(7-5-15)28(31)32;3*1-3-4-2;/h2-11H,12-13H2;3*1,3-4H2,2H3;/b23-11+;;;;. The van der Waals surface area contributed by atoms with Crippen LogP contribution in [0.1, 0.15) is 70.6 Å². The van der Waals surface area contributed by atoms with Crippen molar-refractivity contribution in [2.24, 2.45) is 10.2 Å². The molecule has 1 fully saturated rings. The maximum absolute atomic E-state index is 13.3. The molecule has 0 atom stereocenters. The van der Waals surface area contributed by atoms with E-state index in [0.717, 1.165) is 29.8 Å². The molecule has 4 rings (SSSR count). The zero-order valence-electron chi connectivity index (χ0n) is 26.7. The molecule has 1 aliphatic heterocycles. The number of azide groups is 1. The van der Waals surface area contributed by atoms with Crippen LogP contribution in [0.5, 0.6) is 0 Å². The van der Waals surface area contributed by atoms with E-state index in [9.17, 15) is 25.2 Å². The van der Waals surface area contributed by atoms with Gasteiger partial charge in [0.25, 0.3) is 5.69 Å². The Morgan fingerprint density at radius 3 is 2.22 bits per heavy atom. The van der Waals surface area contributed by atoms with Crippen molar-refractivity contribution >= 4 is 51.5 Å². The van der Waals surface area contributed by atoms with Gasteiger partial charge in [0.2, 0.25) is 0 Å². The van der Waals surface area contributed by atoms with E-state index in [1.54, 1.807) is 30.3 Å². The van der Waals surface area contributed by atoms with Crippen LogP contribution in [0.15, 0.2) is 69.2 Å². The van der Waals surface area contributed by atoms with Gasteiger partial charge in [0.1, 0.15) is 0 Å². The summed E-state index contributed by atoms with van der Waals surface area (Å²) in [5.74, 6) is 0.464. The predicted molar refractivity (Wildman–Crippen MR) is 181 cm³/mol. The fourth-order valence-electron chi connectivity index (χ4n) is 5.94. The van der Waals surface area contributed by atoms with Crippen molar-refractivity contribution in [2.75, 3.05) is 6.54 Å². The van der Waals surface area contributed by atoms with E-state index in [2.05, 4.69) is 48.0 Å². The summed E-state index contributed by atoms with van der Waals surface area (Å²) in [7, 11) is 0. The van der Waals surface area contributed by atoms with Gasteiger partial charge in [-0.2, -0.15) is 0 Å². The van der Waals surface area contributed by atoms with Crippen molar-refractivity contribution in [3.8, 4) is 11.3 Å². The van der Waals surface area contributed by atoms with Crippen LogP contribution in [0, 0.1) is 10.1 Å². The molecular weight excluding hydrogens is 693 g/mol. The summed E-state index contributed by atoms with van der Waals surface area (Å²) in [4.78, 5) is 41.1. The number of carbonyl (C=O) groups excluding carboxylic acids is 2. The molecule has 0 unspecified atom stereocenters. The number of carbonyl (C=O) groups is 2. The first kappa shape index (κ1) is 34.7. The van der Waals surface area contributed by atoms with Gasteiger partial charge in [-0.15, -0.1) is 0 Å². The molecule has 0 aliphatic carbocycles. The average Bonchev–Trinajstić information content (AvgIpc) is 3.64.